The molecule has 0 aliphatic rings. The molecule has 2 aromatic carbocycles. The van der Waals surface area contributed by atoms with Crippen LogP contribution in [-0.2, 0) is 0 Å². The largest absolute Gasteiger partial charge is 0.249 e. The Labute approximate surface area is 114 Å². The van der Waals surface area contributed by atoms with Crippen LogP contribution in [0.25, 0.3) is 0 Å². The van der Waals surface area contributed by atoms with Gasteiger partial charge in [-0.05, 0) is 35.4 Å². The maximum atomic E-state index is 13.2. The highest BCUT2D eigenvalue weighted by atomic mass is 35.5. The zero-order valence-corrected chi connectivity index (χ0v) is 10.8. The Hall–Kier alpha value is -1.12. The van der Waals surface area contributed by atoms with Crippen LogP contribution in [0.2, 0.25) is 10.0 Å². The van der Waals surface area contributed by atoms with Crippen molar-refractivity contribution in [3.63, 3.8) is 0 Å². The van der Waals surface area contributed by atoms with Crippen molar-refractivity contribution in [2.45, 2.75) is 12.3 Å². The van der Waals surface area contributed by atoms with E-state index in [9.17, 15) is 8.78 Å². The summed E-state index contributed by atoms with van der Waals surface area (Å²) in [5.41, 5.74) is 1.08. The van der Waals surface area contributed by atoms with E-state index in [4.69, 9.17) is 23.2 Å². The first-order valence-electron chi connectivity index (χ1n) is 5.37. The lowest BCUT2D eigenvalue weighted by molar-refractivity contribution is 0.129. The molecule has 0 atom stereocenters. The molecular weight excluding hydrogens is 277 g/mol. The Balaban J connectivity index is 2.39. The monoisotopic (exact) mass is 286 g/mol. The molecule has 0 aliphatic heterocycles. The van der Waals surface area contributed by atoms with Crippen molar-refractivity contribution in [2.24, 2.45) is 0 Å². The molecule has 0 bridgehead atoms. The van der Waals surface area contributed by atoms with E-state index < -0.39 is 12.3 Å². The fraction of sp³-hybridized carbons (Fsp3) is 0.143. The lowest BCUT2D eigenvalue weighted by Crippen LogP contribution is -2.10. The maximum absolute atomic E-state index is 13.2. The van der Waals surface area contributed by atoms with E-state index in [0.29, 0.717) is 21.2 Å². The molecule has 18 heavy (non-hydrogen) atoms. The Morgan fingerprint density at radius 1 is 0.667 bits per heavy atom. The molecule has 0 saturated carbocycles. The van der Waals surface area contributed by atoms with Crippen LogP contribution >= 0.6 is 23.2 Å². The third-order valence-electron chi connectivity index (χ3n) is 2.71. The van der Waals surface area contributed by atoms with Crippen LogP contribution in [-0.4, -0.2) is 6.43 Å². The van der Waals surface area contributed by atoms with Crippen molar-refractivity contribution < 1.29 is 8.78 Å². The molecule has 2 aromatic rings. The molecule has 0 spiro atoms. The van der Waals surface area contributed by atoms with Gasteiger partial charge < -0.3 is 0 Å². The summed E-state index contributed by atoms with van der Waals surface area (Å²) in [7, 11) is 0. The van der Waals surface area contributed by atoms with Crippen LogP contribution in [0.5, 0.6) is 0 Å². The van der Waals surface area contributed by atoms with Crippen molar-refractivity contribution in [2.75, 3.05) is 0 Å². The molecule has 0 saturated heterocycles. The van der Waals surface area contributed by atoms with Gasteiger partial charge >= 0.3 is 0 Å². The Morgan fingerprint density at radius 2 is 1.00 bits per heavy atom. The molecule has 0 aromatic heterocycles. The van der Waals surface area contributed by atoms with Gasteiger partial charge in [0.25, 0.3) is 0 Å². The molecule has 0 unspecified atom stereocenters. The van der Waals surface area contributed by atoms with E-state index in [1.165, 1.54) is 0 Å². The molecule has 0 aliphatic carbocycles. The second kappa shape index (κ2) is 5.68. The molecule has 0 nitrogen and oxygen atoms in total. The van der Waals surface area contributed by atoms with E-state index >= 15 is 0 Å². The average Bonchev–Trinajstić information content (AvgIpc) is 2.34. The molecular formula is C14H10Cl2F2. The molecule has 0 N–H and O–H groups in total. The van der Waals surface area contributed by atoms with Gasteiger partial charge in [0.2, 0.25) is 6.43 Å². The molecule has 94 valence electrons. The number of rotatable bonds is 3. The highest BCUT2D eigenvalue weighted by molar-refractivity contribution is 6.30. The third-order valence-corrected chi connectivity index (χ3v) is 3.21. The summed E-state index contributed by atoms with van der Waals surface area (Å²) in [5, 5.41) is 1.06. The molecule has 0 radical (unpaired) electrons. The summed E-state index contributed by atoms with van der Waals surface area (Å²) >= 11 is 11.5. The van der Waals surface area contributed by atoms with Gasteiger partial charge in [-0.25, -0.2) is 8.78 Å². The van der Waals surface area contributed by atoms with Crippen molar-refractivity contribution >= 4 is 23.2 Å². The third kappa shape index (κ3) is 3.01. The van der Waals surface area contributed by atoms with Crippen LogP contribution < -0.4 is 0 Å². The minimum absolute atomic E-state index is 0.530. The summed E-state index contributed by atoms with van der Waals surface area (Å²) in [4.78, 5) is 0. The minimum Gasteiger partial charge on any atom is -0.209 e. The lowest BCUT2D eigenvalue weighted by atomic mass is 9.92. The fourth-order valence-corrected chi connectivity index (χ4v) is 2.08. The predicted molar refractivity (Wildman–Crippen MR) is 70.8 cm³/mol. The first kappa shape index (κ1) is 13.3. The van der Waals surface area contributed by atoms with E-state index in [-0.39, 0.29) is 0 Å². The van der Waals surface area contributed by atoms with Crippen LogP contribution in [0.15, 0.2) is 48.5 Å². The van der Waals surface area contributed by atoms with Crippen molar-refractivity contribution in [1.82, 2.24) is 0 Å². The van der Waals surface area contributed by atoms with Gasteiger partial charge in [-0.2, -0.15) is 0 Å². The highest BCUT2D eigenvalue weighted by Gasteiger charge is 2.24. The van der Waals surface area contributed by atoms with Crippen LogP contribution in [0.3, 0.4) is 0 Å². The van der Waals surface area contributed by atoms with E-state index in [2.05, 4.69) is 0 Å². The number of hydrogen-bond donors (Lipinski definition) is 0. The quantitative estimate of drug-likeness (QED) is 0.710. The van der Waals surface area contributed by atoms with Gasteiger partial charge in [0.15, 0.2) is 0 Å². The first-order valence-corrected chi connectivity index (χ1v) is 6.12. The Bertz CT molecular complexity index is 461. The summed E-state index contributed by atoms with van der Waals surface area (Å²) in [6.07, 6.45) is -2.48. The standard InChI is InChI=1S/C14H10Cl2F2/c15-11-5-1-9(2-6-11)13(14(17)18)10-3-7-12(16)8-4-10/h1-8,13-14H. The number of hydrogen-bond acceptors (Lipinski definition) is 0. The number of benzene rings is 2. The van der Waals surface area contributed by atoms with Gasteiger partial charge in [0.1, 0.15) is 0 Å². The number of alkyl halides is 2. The van der Waals surface area contributed by atoms with Crippen LogP contribution in [0.4, 0.5) is 8.78 Å². The second-order valence-electron chi connectivity index (χ2n) is 3.92. The second-order valence-corrected chi connectivity index (χ2v) is 4.79. The predicted octanol–water partition coefficient (Wildman–Crippen LogP) is 5.39. The van der Waals surface area contributed by atoms with Gasteiger partial charge in [-0.1, -0.05) is 47.5 Å². The van der Waals surface area contributed by atoms with Crippen molar-refractivity contribution in [3.05, 3.63) is 69.7 Å². The summed E-state index contributed by atoms with van der Waals surface area (Å²) in [6.45, 7) is 0. The lowest BCUT2D eigenvalue weighted by Gasteiger charge is -2.17. The fourth-order valence-electron chi connectivity index (χ4n) is 1.82. The zero-order valence-electron chi connectivity index (χ0n) is 9.29. The summed E-state index contributed by atoms with van der Waals surface area (Å²) in [5.74, 6) is -0.959. The van der Waals surface area contributed by atoms with Crippen molar-refractivity contribution in [3.8, 4) is 0 Å². The minimum atomic E-state index is -2.48. The van der Waals surface area contributed by atoms with E-state index in [1.54, 1.807) is 48.5 Å². The average molecular weight is 287 g/mol. The normalized spacial score (nSPS) is 11.2. The molecule has 0 fully saturated rings. The van der Waals surface area contributed by atoms with Gasteiger partial charge in [-0.15, -0.1) is 0 Å². The van der Waals surface area contributed by atoms with E-state index in [1.807, 2.05) is 0 Å². The molecule has 4 heteroatoms. The molecule has 2 rings (SSSR count). The topological polar surface area (TPSA) is 0 Å². The number of halogens is 4. The summed E-state index contributed by atoms with van der Waals surface area (Å²) < 4.78 is 26.4. The van der Waals surface area contributed by atoms with Gasteiger partial charge in [0.05, 0.1) is 5.92 Å². The van der Waals surface area contributed by atoms with Gasteiger partial charge in [-0.3, -0.25) is 0 Å². The van der Waals surface area contributed by atoms with Gasteiger partial charge in [0, 0.05) is 10.0 Å². The summed E-state index contributed by atoms with van der Waals surface area (Å²) in [6, 6.07) is 12.9. The van der Waals surface area contributed by atoms with Crippen LogP contribution in [0.1, 0.15) is 17.0 Å². The zero-order chi connectivity index (χ0) is 13.1. The first-order chi connectivity index (χ1) is 8.58. The Kier molecular flexibility index (Phi) is 4.20. The molecule has 0 heterocycles. The Morgan fingerprint density at radius 3 is 1.28 bits per heavy atom. The molecule has 0 amide bonds. The smallest absolute Gasteiger partial charge is 0.209 e. The highest BCUT2D eigenvalue weighted by Crippen LogP contribution is 2.32. The maximum Gasteiger partial charge on any atom is 0.249 e. The SMILES string of the molecule is FC(F)C(c1ccc(Cl)cc1)c1ccc(Cl)cc1. The van der Waals surface area contributed by atoms with Crippen molar-refractivity contribution in [1.29, 1.82) is 0 Å². The van der Waals surface area contributed by atoms with Crippen LogP contribution in [0, 0.1) is 0 Å². The van der Waals surface area contributed by atoms with E-state index in [0.717, 1.165) is 0 Å².